The van der Waals surface area contributed by atoms with E-state index in [2.05, 4.69) is 15.3 Å². The molecule has 4 rings (SSSR count). The van der Waals surface area contributed by atoms with Gasteiger partial charge in [0, 0.05) is 42.8 Å². The largest absolute Gasteiger partial charge is 0.331 e. The van der Waals surface area contributed by atoms with Crippen molar-refractivity contribution in [1.82, 2.24) is 14.5 Å². The van der Waals surface area contributed by atoms with E-state index < -0.39 is 0 Å². The Balaban J connectivity index is 1.50. The third-order valence-corrected chi connectivity index (χ3v) is 4.48. The number of hydrogen-bond donors (Lipinski definition) is 1. The molecule has 130 valence electrons. The van der Waals surface area contributed by atoms with Gasteiger partial charge in [-0.15, -0.1) is 0 Å². The Hall–Kier alpha value is -3.28. The molecule has 1 aliphatic rings. The molecular formula is C20H18N4O2. The van der Waals surface area contributed by atoms with Gasteiger partial charge in [0.05, 0.1) is 11.3 Å². The monoisotopic (exact) mass is 346 g/mol. The maximum atomic E-state index is 12.6. The second-order valence-electron chi connectivity index (χ2n) is 6.43. The zero-order chi connectivity index (χ0) is 18.1. The predicted molar refractivity (Wildman–Crippen MR) is 97.2 cm³/mol. The highest BCUT2D eigenvalue weighted by Gasteiger charge is 2.29. The molecule has 26 heavy (non-hydrogen) atoms. The van der Waals surface area contributed by atoms with Crippen LogP contribution in [0.2, 0.25) is 0 Å². The molecule has 2 heterocycles. The van der Waals surface area contributed by atoms with Crippen LogP contribution in [0.1, 0.15) is 51.0 Å². The van der Waals surface area contributed by atoms with E-state index >= 15 is 0 Å². The highest BCUT2D eigenvalue weighted by molar-refractivity contribution is 6.08. The summed E-state index contributed by atoms with van der Waals surface area (Å²) >= 11 is 0. The zero-order valence-electron chi connectivity index (χ0n) is 14.3. The number of carbonyl (C=O) groups is 2. The lowest BCUT2D eigenvalue weighted by atomic mass is 10.1. The number of hydrogen-bond acceptors (Lipinski definition) is 4. The first kappa shape index (κ1) is 16.2. The van der Waals surface area contributed by atoms with Crippen LogP contribution in [0.5, 0.6) is 0 Å². The molecule has 0 bridgehead atoms. The SMILES string of the molecule is Cn1ccnc1C(=O)c1ccc(NC(=O)c2cccnc2C2CC2)cc1. The lowest BCUT2D eigenvalue weighted by molar-refractivity contribution is 0.101. The maximum absolute atomic E-state index is 12.6. The normalized spacial score (nSPS) is 13.4. The maximum Gasteiger partial charge on any atom is 0.257 e. The number of imidazole rings is 1. The molecular weight excluding hydrogens is 328 g/mol. The number of rotatable bonds is 5. The summed E-state index contributed by atoms with van der Waals surface area (Å²) in [4.78, 5) is 33.5. The molecule has 3 aromatic rings. The Morgan fingerprint density at radius 2 is 1.85 bits per heavy atom. The van der Waals surface area contributed by atoms with Gasteiger partial charge in [0.1, 0.15) is 0 Å². The van der Waals surface area contributed by atoms with Crippen LogP contribution in [0.15, 0.2) is 55.0 Å². The predicted octanol–water partition coefficient (Wildman–Crippen LogP) is 3.18. The van der Waals surface area contributed by atoms with Crippen molar-refractivity contribution < 1.29 is 9.59 Å². The fourth-order valence-electron chi connectivity index (χ4n) is 2.91. The number of nitrogens with one attached hydrogen (secondary N) is 1. The lowest BCUT2D eigenvalue weighted by Gasteiger charge is -2.09. The van der Waals surface area contributed by atoms with E-state index in [1.54, 1.807) is 66.6 Å². The quantitative estimate of drug-likeness (QED) is 0.720. The van der Waals surface area contributed by atoms with E-state index in [-0.39, 0.29) is 11.7 Å². The summed E-state index contributed by atoms with van der Waals surface area (Å²) in [6.07, 6.45) is 7.21. The Bertz CT molecular complexity index is 971. The van der Waals surface area contributed by atoms with E-state index in [1.165, 1.54) is 0 Å². The highest BCUT2D eigenvalue weighted by atomic mass is 16.1. The van der Waals surface area contributed by atoms with Crippen molar-refractivity contribution in [3.05, 3.63) is 77.6 Å². The van der Waals surface area contributed by atoms with Crippen molar-refractivity contribution in [3.8, 4) is 0 Å². The second-order valence-corrected chi connectivity index (χ2v) is 6.43. The van der Waals surface area contributed by atoms with Gasteiger partial charge in [-0.2, -0.15) is 0 Å². The molecule has 6 nitrogen and oxygen atoms in total. The summed E-state index contributed by atoms with van der Waals surface area (Å²) in [5, 5.41) is 2.88. The van der Waals surface area contributed by atoms with Gasteiger partial charge in [-0.25, -0.2) is 4.98 Å². The van der Waals surface area contributed by atoms with Gasteiger partial charge in [-0.05, 0) is 49.2 Å². The minimum Gasteiger partial charge on any atom is -0.331 e. The van der Waals surface area contributed by atoms with Gasteiger partial charge < -0.3 is 9.88 Å². The van der Waals surface area contributed by atoms with Crippen molar-refractivity contribution in [1.29, 1.82) is 0 Å². The van der Waals surface area contributed by atoms with Crippen LogP contribution in [0.25, 0.3) is 0 Å². The summed E-state index contributed by atoms with van der Waals surface area (Å²) in [6, 6.07) is 10.4. The van der Waals surface area contributed by atoms with E-state index in [9.17, 15) is 9.59 Å². The molecule has 1 aromatic carbocycles. The fourth-order valence-corrected chi connectivity index (χ4v) is 2.91. The number of benzene rings is 1. The third kappa shape index (κ3) is 3.13. The molecule has 0 aliphatic heterocycles. The first-order valence-electron chi connectivity index (χ1n) is 8.52. The van der Waals surface area contributed by atoms with Gasteiger partial charge in [0.25, 0.3) is 5.91 Å². The molecule has 1 amide bonds. The van der Waals surface area contributed by atoms with Gasteiger partial charge in [0.15, 0.2) is 5.82 Å². The average molecular weight is 346 g/mol. The van der Waals surface area contributed by atoms with Crippen LogP contribution in [-0.2, 0) is 7.05 Å². The number of pyridine rings is 1. The molecule has 0 atom stereocenters. The molecule has 0 spiro atoms. The van der Waals surface area contributed by atoms with Gasteiger partial charge in [-0.3, -0.25) is 14.6 Å². The molecule has 0 radical (unpaired) electrons. The Morgan fingerprint density at radius 3 is 2.50 bits per heavy atom. The first-order chi connectivity index (χ1) is 12.6. The fraction of sp³-hybridized carbons (Fsp3) is 0.200. The van der Waals surface area contributed by atoms with Crippen molar-refractivity contribution in [2.75, 3.05) is 5.32 Å². The van der Waals surface area contributed by atoms with Crippen LogP contribution < -0.4 is 5.32 Å². The third-order valence-electron chi connectivity index (χ3n) is 4.48. The van der Waals surface area contributed by atoms with Crippen LogP contribution in [-0.4, -0.2) is 26.2 Å². The summed E-state index contributed by atoms with van der Waals surface area (Å²) in [5.74, 6) is 0.447. The topological polar surface area (TPSA) is 76.9 Å². The summed E-state index contributed by atoms with van der Waals surface area (Å²) in [5.41, 5.74) is 2.64. The zero-order valence-corrected chi connectivity index (χ0v) is 14.3. The first-order valence-corrected chi connectivity index (χ1v) is 8.52. The van der Waals surface area contributed by atoms with Crippen LogP contribution in [0.4, 0.5) is 5.69 Å². The number of ketones is 1. The molecule has 1 aliphatic carbocycles. The summed E-state index contributed by atoms with van der Waals surface area (Å²) < 4.78 is 1.68. The van der Waals surface area contributed by atoms with Gasteiger partial charge >= 0.3 is 0 Å². The molecule has 1 fully saturated rings. The van der Waals surface area contributed by atoms with E-state index in [1.807, 2.05) is 0 Å². The minimum absolute atomic E-state index is 0.154. The number of aromatic nitrogens is 3. The molecule has 1 saturated carbocycles. The van der Waals surface area contributed by atoms with Crippen LogP contribution in [0, 0.1) is 0 Å². The molecule has 6 heteroatoms. The van der Waals surface area contributed by atoms with Crippen molar-refractivity contribution in [2.45, 2.75) is 18.8 Å². The second kappa shape index (κ2) is 6.55. The summed E-state index contributed by atoms with van der Waals surface area (Å²) in [7, 11) is 1.78. The number of carbonyl (C=O) groups excluding carboxylic acids is 2. The lowest BCUT2D eigenvalue weighted by Crippen LogP contribution is -2.15. The van der Waals surface area contributed by atoms with Gasteiger partial charge in [-0.1, -0.05) is 0 Å². The smallest absolute Gasteiger partial charge is 0.257 e. The Labute approximate surface area is 150 Å². The standard InChI is InChI=1S/C20H18N4O2/c1-24-12-11-22-19(24)18(25)14-6-8-15(9-7-14)23-20(26)16-3-2-10-21-17(16)13-4-5-13/h2-3,6-13H,4-5H2,1H3,(H,23,26). The van der Waals surface area contributed by atoms with E-state index in [0.717, 1.165) is 18.5 Å². The van der Waals surface area contributed by atoms with Crippen molar-refractivity contribution >= 4 is 17.4 Å². The minimum atomic E-state index is -0.178. The van der Waals surface area contributed by atoms with E-state index in [4.69, 9.17) is 0 Å². The van der Waals surface area contributed by atoms with Crippen LogP contribution >= 0.6 is 0 Å². The number of nitrogens with zero attached hydrogens (tertiary/aromatic N) is 3. The molecule has 1 N–H and O–H groups in total. The van der Waals surface area contributed by atoms with E-state index in [0.29, 0.717) is 28.6 Å². The molecule has 0 saturated heterocycles. The molecule has 0 unspecified atom stereocenters. The Morgan fingerprint density at radius 1 is 1.08 bits per heavy atom. The number of anilines is 1. The molecule has 2 aromatic heterocycles. The van der Waals surface area contributed by atoms with Crippen LogP contribution in [0.3, 0.4) is 0 Å². The Kier molecular flexibility index (Phi) is 4.08. The average Bonchev–Trinajstić information content (AvgIpc) is 3.43. The van der Waals surface area contributed by atoms with Crippen molar-refractivity contribution in [2.24, 2.45) is 7.05 Å². The number of aryl methyl sites for hydroxylation is 1. The highest BCUT2D eigenvalue weighted by Crippen LogP contribution is 2.40. The number of amides is 1. The van der Waals surface area contributed by atoms with Gasteiger partial charge in [0.2, 0.25) is 5.78 Å². The summed E-state index contributed by atoms with van der Waals surface area (Å²) in [6.45, 7) is 0. The van der Waals surface area contributed by atoms with Crippen molar-refractivity contribution in [3.63, 3.8) is 0 Å².